The third kappa shape index (κ3) is 2.69. The van der Waals surface area contributed by atoms with Crippen LogP contribution < -0.4 is 15.1 Å². The van der Waals surface area contributed by atoms with Crippen molar-refractivity contribution in [2.24, 2.45) is 0 Å². The molecule has 0 radical (unpaired) electrons. The molecule has 0 aliphatic carbocycles. The summed E-state index contributed by atoms with van der Waals surface area (Å²) < 4.78 is 0. The van der Waals surface area contributed by atoms with Gasteiger partial charge in [-0.1, -0.05) is 43.0 Å². The fourth-order valence-electron chi connectivity index (χ4n) is 4.83. The second kappa shape index (κ2) is 6.69. The van der Waals surface area contributed by atoms with Crippen molar-refractivity contribution in [3.63, 3.8) is 0 Å². The summed E-state index contributed by atoms with van der Waals surface area (Å²) in [5, 5.41) is 7.03. The molecule has 0 bridgehead atoms. The third-order valence-corrected chi connectivity index (χ3v) is 6.51. The molecule has 6 rings (SSSR count). The van der Waals surface area contributed by atoms with Gasteiger partial charge in [0.05, 0.1) is 16.9 Å². The third-order valence-electron chi connectivity index (χ3n) is 6.51. The second-order valence-electron chi connectivity index (χ2n) is 8.35. The van der Waals surface area contributed by atoms with Gasteiger partial charge in [-0.25, -0.2) is 4.98 Å². The van der Waals surface area contributed by atoms with Crippen LogP contribution in [0.3, 0.4) is 0 Å². The highest BCUT2D eigenvalue weighted by Gasteiger charge is 2.31. The van der Waals surface area contributed by atoms with Crippen LogP contribution >= 0.6 is 0 Å². The summed E-state index contributed by atoms with van der Waals surface area (Å²) in [5.74, 6) is 1.81. The summed E-state index contributed by atoms with van der Waals surface area (Å²) in [5.41, 5.74) is 7.29. The number of fused-ring (bicyclic) bond motifs is 4. The maximum absolute atomic E-state index is 4.98. The number of hydrogen-bond acceptors (Lipinski definition) is 4. The van der Waals surface area contributed by atoms with Crippen molar-refractivity contribution in [3.8, 4) is 0 Å². The Hall–Kier alpha value is -3.63. The van der Waals surface area contributed by atoms with Crippen LogP contribution in [0.5, 0.6) is 0 Å². The monoisotopic (exact) mass is 404 g/mol. The van der Waals surface area contributed by atoms with Gasteiger partial charge < -0.3 is 10.2 Å². The molecule has 0 saturated carbocycles. The standard InChI is InChI=1S/C27H24N4/c1-17-14-20-8-10-25-27(23(20)15-22(17)21-12-13-28-16-21)31(18(2)30(25)3)26-11-9-19-6-4-5-7-24(19)29-26/h4-12,14-15,28H,2,13,16H2,1,3H3. The zero-order valence-electron chi connectivity index (χ0n) is 17.8. The van der Waals surface area contributed by atoms with Gasteiger partial charge in [-0.05, 0) is 59.3 Å². The van der Waals surface area contributed by atoms with Crippen LogP contribution in [0.4, 0.5) is 17.2 Å². The summed E-state index contributed by atoms with van der Waals surface area (Å²) in [4.78, 5) is 9.34. The van der Waals surface area contributed by atoms with E-state index in [2.05, 4.69) is 90.3 Å². The molecule has 0 spiro atoms. The number of aromatic nitrogens is 1. The molecule has 0 atom stereocenters. The molecular formula is C27H24N4. The van der Waals surface area contributed by atoms with Crippen molar-refractivity contribution in [2.75, 3.05) is 29.9 Å². The fourth-order valence-corrected chi connectivity index (χ4v) is 4.83. The van der Waals surface area contributed by atoms with Gasteiger partial charge >= 0.3 is 0 Å². The molecule has 2 aliphatic rings. The molecule has 0 fully saturated rings. The first-order valence-corrected chi connectivity index (χ1v) is 10.7. The smallest absolute Gasteiger partial charge is 0.139 e. The molecule has 4 heteroatoms. The predicted molar refractivity (Wildman–Crippen MR) is 131 cm³/mol. The van der Waals surface area contributed by atoms with E-state index in [-0.39, 0.29) is 0 Å². The zero-order chi connectivity index (χ0) is 21.1. The van der Waals surface area contributed by atoms with Crippen LogP contribution in [-0.2, 0) is 0 Å². The van der Waals surface area contributed by atoms with Crippen LogP contribution in [0.15, 0.2) is 79.1 Å². The van der Waals surface area contributed by atoms with Gasteiger partial charge in [0.2, 0.25) is 0 Å². The van der Waals surface area contributed by atoms with Gasteiger partial charge in [0.15, 0.2) is 0 Å². The molecule has 3 heterocycles. The highest BCUT2D eigenvalue weighted by Crippen LogP contribution is 2.49. The lowest BCUT2D eigenvalue weighted by molar-refractivity contribution is 0.897. The van der Waals surface area contributed by atoms with E-state index in [0.717, 1.165) is 47.0 Å². The van der Waals surface area contributed by atoms with Gasteiger partial charge in [-0.15, -0.1) is 0 Å². The number of aryl methyl sites for hydroxylation is 1. The molecule has 152 valence electrons. The number of pyridine rings is 1. The lowest BCUT2D eigenvalue weighted by atomic mass is 9.95. The zero-order valence-corrected chi connectivity index (χ0v) is 17.8. The highest BCUT2D eigenvalue weighted by atomic mass is 15.4. The van der Waals surface area contributed by atoms with Crippen LogP contribution in [-0.4, -0.2) is 25.1 Å². The van der Waals surface area contributed by atoms with E-state index >= 15 is 0 Å². The van der Waals surface area contributed by atoms with Gasteiger partial charge in [-0.2, -0.15) is 0 Å². The van der Waals surface area contributed by atoms with Crippen molar-refractivity contribution >= 4 is 44.4 Å². The minimum atomic E-state index is 0.894. The lowest BCUT2D eigenvalue weighted by Gasteiger charge is -2.22. The number of anilines is 3. The van der Waals surface area contributed by atoms with Crippen molar-refractivity contribution in [3.05, 3.63) is 90.3 Å². The first kappa shape index (κ1) is 18.2. The van der Waals surface area contributed by atoms with Gasteiger partial charge in [0.1, 0.15) is 11.6 Å². The van der Waals surface area contributed by atoms with Gasteiger partial charge in [0.25, 0.3) is 0 Å². The summed E-state index contributed by atoms with van der Waals surface area (Å²) >= 11 is 0. The predicted octanol–water partition coefficient (Wildman–Crippen LogP) is 5.74. The van der Waals surface area contributed by atoms with E-state index in [1.165, 1.54) is 27.5 Å². The first-order chi connectivity index (χ1) is 15.1. The van der Waals surface area contributed by atoms with E-state index < -0.39 is 0 Å². The van der Waals surface area contributed by atoms with Crippen LogP contribution in [0, 0.1) is 6.92 Å². The Morgan fingerprint density at radius 2 is 1.84 bits per heavy atom. The number of rotatable bonds is 2. The Labute approximate surface area is 182 Å². The molecule has 0 amide bonds. The Morgan fingerprint density at radius 3 is 2.68 bits per heavy atom. The van der Waals surface area contributed by atoms with E-state index in [1.54, 1.807) is 0 Å². The summed E-state index contributed by atoms with van der Waals surface area (Å²) in [6.07, 6.45) is 2.30. The average molecular weight is 405 g/mol. The Balaban J connectivity index is 1.61. The van der Waals surface area contributed by atoms with Crippen molar-refractivity contribution in [1.29, 1.82) is 0 Å². The molecule has 0 unspecified atom stereocenters. The van der Waals surface area contributed by atoms with E-state index in [9.17, 15) is 0 Å². The maximum atomic E-state index is 4.98. The second-order valence-corrected chi connectivity index (χ2v) is 8.35. The highest BCUT2D eigenvalue weighted by molar-refractivity contribution is 6.08. The minimum absolute atomic E-state index is 0.894. The van der Waals surface area contributed by atoms with Crippen molar-refractivity contribution < 1.29 is 0 Å². The molecule has 1 N–H and O–H groups in total. The van der Waals surface area contributed by atoms with Crippen LogP contribution in [0.1, 0.15) is 11.1 Å². The van der Waals surface area contributed by atoms with Crippen molar-refractivity contribution in [1.82, 2.24) is 10.3 Å². The molecule has 31 heavy (non-hydrogen) atoms. The van der Waals surface area contributed by atoms with Gasteiger partial charge in [-0.3, -0.25) is 4.90 Å². The van der Waals surface area contributed by atoms with Gasteiger partial charge in [0, 0.05) is 30.9 Å². The normalized spacial score (nSPS) is 15.8. The van der Waals surface area contributed by atoms with Crippen LogP contribution in [0.2, 0.25) is 0 Å². The van der Waals surface area contributed by atoms with Crippen molar-refractivity contribution in [2.45, 2.75) is 6.92 Å². The van der Waals surface area contributed by atoms with E-state index in [0.29, 0.717) is 0 Å². The largest absolute Gasteiger partial charge is 0.329 e. The molecule has 0 saturated heterocycles. The number of para-hydroxylation sites is 1. The molecule has 3 aromatic carbocycles. The molecule has 2 aliphatic heterocycles. The minimum Gasteiger partial charge on any atom is -0.329 e. The average Bonchev–Trinajstić information content (AvgIpc) is 3.40. The van der Waals surface area contributed by atoms with Crippen LogP contribution in [0.25, 0.3) is 27.2 Å². The quantitative estimate of drug-likeness (QED) is 0.461. The van der Waals surface area contributed by atoms with E-state index in [1.807, 2.05) is 12.1 Å². The maximum Gasteiger partial charge on any atom is 0.139 e. The first-order valence-electron chi connectivity index (χ1n) is 10.7. The lowest BCUT2D eigenvalue weighted by Crippen LogP contribution is -2.21. The Morgan fingerprint density at radius 1 is 1.00 bits per heavy atom. The Kier molecular flexibility index (Phi) is 3.92. The number of hydrogen-bond donors (Lipinski definition) is 1. The number of nitrogens with one attached hydrogen (secondary N) is 1. The number of nitrogens with zero attached hydrogens (tertiary/aromatic N) is 3. The SMILES string of the molecule is C=C1N(C)c2ccc3cc(C)c(C4=CCNC4)cc3c2N1c1ccc2ccccc2n1. The summed E-state index contributed by atoms with van der Waals surface area (Å²) in [7, 11) is 2.08. The molecular weight excluding hydrogens is 380 g/mol. The van der Waals surface area contributed by atoms with E-state index in [4.69, 9.17) is 4.98 Å². The summed E-state index contributed by atoms with van der Waals surface area (Å²) in [6.45, 7) is 8.46. The fraction of sp³-hybridized carbons (Fsp3) is 0.148. The molecule has 1 aromatic heterocycles. The number of benzene rings is 3. The molecule has 4 nitrogen and oxygen atoms in total. The summed E-state index contributed by atoms with van der Waals surface area (Å²) in [6, 6.07) is 21.5. The Bertz CT molecular complexity index is 1420. The topological polar surface area (TPSA) is 31.4 Å². The molecule has 4 aromatic rings.